The van der Waals surface area contributed by atoms with Gasteiger partial charge in [0, 0.05) is 13.2 Å². The number of nitrogens with two attached hydrogens (primary N) is 1. The summed E-state index contributed by atoms with van der Waals surface area (Å²) < 4.78 is 5.66. The number of carbonyl (C=O) groups is 1. The quantitative estimate of drug-likeness (QED) is 0.811. The predicted octanol–water partition coefficient (Wildman–Crippen LogP) is 1.74. The lowest BCUT2D eigenvalue weighted by Crippen LogP contribution is -2.44. The van der Waals surface area contributed by atoms with Crippen LogP contribution < -0.4 is 11.1 Å². The van der Waals surface area contributed by atoms with Gasteiger partial charge in [-0.15, -0.1) is 0 Å². The molecule has 2 atom stereocenters. The predicted molar refractivity (Wildman–Crippen MR) is 82.6 cm³/mol. The first-order valence-electron chi connectivity index (χ1n) is 6.78. The fourth-order valence-electron chi connectivity index (χ4n) is 2.44. The molecule has 1 fully saturated rings. The molecule has 5 heteroatoms. The van der Waals surface area contributed by atoms with Crippen molar-refractivity contribution in [1.29, 1.82) is 0 Å². The Morgan fingerprint density at radius 1 is 1.50 bits per heavy atom. The maximum Gasteiger partial charge on any atom is 0.234 e. The molecule has 0 saturated carbocycles. The normalized spacial score (nSPS) is 23.2. The molecule has 108 valence electrons. The van der Waals surface area contributed by atoms with Gasteiger partial charge in [0.2, 0.25) is 5.91 Å². The smallest absolute Gasteiger partial charge is 0.234 e. The minimum Gasteiger partial charge on any atom is -0.392 e. The van der Waals surface area contributed by atoms with E-state index in [1.54, 1.807) is 0 Å². The molecule has 0 radical (unpaired) electrons. The van der Waals surface area contributed by atoms with Crippen LogP contribution in [0, 0.1) is 0 Å². The summed E-state index contributed by atoms with van der Waals surface area (Å²) in [6.07, 6.45) is 1.99. The van der Waals surface area contributed by atoms with Gasteiger partial charge in [0.05, 0.1) is 10.6 Å². The van der Waals surface area contributed by atoms with Crippen LogP contribution in [-0.4, -0.2) is 29.6 Å². The highest BCUT2D eigenvalue weighted by Gasteiger charge is 2.32. The molecule has 0 spiro atoms. The standard InChI is InChI=1S/C15H20N2O2S/c1-15(8-5-9-19-15)10-17-14(18)12(13(16)20)11-6-3-2-4-7-11/h2-4,6-7,12H,5,8-10H2,1H3,(H2,16,20)(H,17,18). The van der Waals surface area contributed by atoms with Gasteiger partial charge in [-0.05, 0) is 25.3 Å². The second kappa shape index (κ2) is 6.33. The van der Waals surface area contributed by atoms with Crippen molar-refractivity contribution in [3.63, 3.8) is 0 Å². The molecule has 1 aliphatic heterocycles. The van der Waals surface area contributed by atoms with Crippen molar-refractivity contribution in [2.75, 3.05) is 13.2 Å². The third-order valence-electron chi connectivity index (χ3n) is 3.62. The molecule has 1 heterocycles. The number of carbonyl (C=O) groups excluding carboxylic acids is 1. The molecule has 0 bridgehead atoms. The minimum atomic E-state index is -0.587. The van der Waals surface area contributed by atoms with Crippen LogP contribution in [0.25, 0.3) is 0 Å². The number of hydrogen-bond acceptors (Lipinski definition) is 3. The van der Waals surface area contributed by atoms with Crippen LogP contribution in [-0.2, 0) is 9.53 Å². The lowest BCUT2D eigenvalue weighted by atomic mass is 9.97. The van der Waals surface area contributed by atoms with Crippen molar-refractivity contribution >= 4 is 23.1 Å². The van der Waals surface area contributed by atoms with Gasteiger partial charge in [-0.3, -0.25) is 4.79 Å². The zero-order chi connectivity index (χ0) is 14.6. The molecule has 20 heavy (non-hydrogen) atoms. The lowest BCUT2D eigenvalue weighted by Gasteiger charge is -2.25. The number of thiocarbonyl (C=S) groups is 1. The van der Waals surface area contributed by atoms with Gasteiger partial charge in [-0.25, -0.2) is 0 Å². The number of ether oxygens (including phenoxy) is 1. The van der Waals surface area contributed by atoms with E-state index in [1.807, 2.05) is 37.3 Å². The molecule has 1 amide bonds. The largest absolute Gasteiger partial charge is 0.392 e. The Morgan fingerprint density at radius 3 is 2.75 bits per heavy atom. The first kappa shape index (κ1) is 14.9. The third-order valence-corrected chi connectivity index (χ3v) is 3.85. The fraction of sp³-hybridized carbons (Fsp3) is 0.467. The Kier molecular flexibility index (Phi) is 4.73. The highest BCUT2D eigenvalue weighted by atomic mass is 32.1. The summed E-state index contributed by atoms with van der Waals surface area (Å²) in [4.78, 5) is 12.5. The van der Waals surface area contributed by atoms with Crippen LogP contribution in [0.2, 0.25) is 0 Å². The first-order chi connectivity index (χ1) is 9.52. The van der Waals surface area contributed by atoms with Crippen LogP contribution >= 0.6 is 12.2 Å². The number of hydrogen-bond donors (Lipinski definition) is 2. The van der Waals surface area contributed by atoms with Crippen LogP contribution in [0.15, 0.2) is 30.3 Å². The lowest BCUT2D eigenvalue weighted by molar-refractivity contribution is -0.122. The average Bonchev–Trinajstić information content (AvgIpc) is 2.85. The molecular formula is C15H20N2O2S. The highest BCUT2D eigenvalue weighted by molar-refractivity contribution is 7.80. The summed E-state index contributed by atoms with van der Waals surface area (Å²) in [6.45, 7) is 3.25. The van der Waals surface area contributed by atoms with Gasteiger partial charge < -0.3 is 15.8 Å². The third kappa shape index (κ3) is 3.55. The molecule has 1 aliphatic rings. The Hall–Kier alpha value is -1.46. The van der Waals surface area contributed by atoms with Crippen molar-refractivity contribution in [2.45, 2.75) is 31.3 Å². The monoisotopic (exact) mass is 292 g/mol. The van der Waals surface area contributed by atoms with E-state index < -0.39 is 5.92 Å². The molecule has 2 unspecified atom stereocenters. The molecule has 1 saturated heterocycles. The topological polar surface area (TPSA) is 64.4 Å². The maximum absolute atomic E-state index is 12.3. The summed E-state index contributed by atoms with van der Waals surface area (Å²) >= 11 is 5.04. The van der Waals surface area contributed by atoms with Gasteiger partial charge in [-0.1, -0.05) is 42.5 Å². The number of benzene rings is 1. The Bertz CT molecular complexity index is 484. The zero-order valence-corrected chi connectivity index (χ0v) is 12.4. The molecule has 1 aromatic rings. The zero-order valence-electron chi connectivity index (χ0n) is 11.6. The summed E-state index contributed by atoms with van der Waals surface area (Å²) in [5, 5.41) is 2.91. The van der Waals surface area contributed by atoms with E-state index in [4.69, 9.17) is 22.7 Å². The van der Waals surface area contributed by atoms with E-state index >= 15 is 0 Å². The highest BCUT2D eigenvalue weighted by Crippen LogP contribution is 2.24. The van der Waals surface area contributed by atoms with Crippen LogP contribution in [0.1, 0.15) is 31.2 Å². The molecule has 0 aliphatic carbocycles. The first-order valence-corrected chi connectivity index (χ1v) is 7.19. The van der Waals surface area contributed by atoms with E-state index in [0.29, 0.717) is 6.54 Å². The van der Waals surface area contributed by atoms with Crippen molar-refractivity contribution in [2.24, 2.45) is 5.73 Å². The molecular weight excluding hydrogens is 272 g/mol. The van der Waals surface area contributed by atoms with Gasteiger partial charge in [-0.2, -0.15) is 0 Å². The summed E-state index contributed by atoms with van der Waals surface area (Å²) in [5.74, 6) is -0.753. The van der Waals surface area contributed by atoms with Crippen LogP contribution in [0.5, 0.6) is 0 Å². The van der Waals surface area contributed by atoms with E-state index in [0.717, 1.165) is 25.0 Å². The van der Waals surface area contributed by atoms with Crippen molar-refractivity contribution in [3.05, 3.63) is 35.9 Å². The van der Waals surface area contributed by atoms with E-state index in [-0.39, 0.29) is 16.5 Å². The molecule has 4 nitrogen and oxygen atoms in total. The SMILES string of the molecule is CC1(CNC(=O)C(C(N)=S)c2ccccc2)CCCO1. The number of rotatable bonds is 5. The molecule has 3 N–H and O–H groups in total. The van der Waals surface area contributed by atoms with Crippen molar-refractivity contribution in [1.82, 2.24) is 5.32 Å². The van der Waals surface area contributed by atoms with Gasteiger partial charge in [0.15, 0.2) is 0 Å². The average molecular weight is 292 g/mol. The Balaban J connectivity index is 2.03. The van der Waals surface area contributed by atoms with Gasteiger partial charge in [0.1, 0.15) is 5.92 Å². The van der Waals surface area contributed by atoms with Crippen LogP contribution in [0.3, 0.4) is 0 Å². The summed E-state index contributed by atoms with van der Waals surface area (Å²) in [7, 11) is 0. The van der Waals surface area contributed by atoms with Crippen molar-refractivity contribution < 1.29 is 9.53 Å². The maximum atomic E-state index is 12.3. The minimum absolute atomic E-state index is 0.166. The number of amides is 1. The Morgan fingerprint density at radius 2 is 2.20 bits per heavy atom. The number of nitrogens with one attached hydrogen (secondary N) is 1. The fourth-order valence-corrected chi connectivity index (χ4v) is 2.69. The molecule has 2 rings (SSSR count). The second-order valence-corrected chi connectivity index (χ2v) is 5.84. The van der Waals surface area contributed by atoms with Crippen molar-refractivity contribution in [3.8, 4) is 0 Å². The molecule has 0 aromatic heterocycles. The summed E-state index contributed by atoms with van der Waals surface area (Å²) in [6, 6.07) is 9.35. The second-order valence-electron chi connectivity index (χ2n) is 5.37. The summed E-state index contributed by atoms with van der Waals surface area (Å²) in [5.41, 5.74) is 6.27. The van der Waals surface area contributed by atoms with Gasteiger partial charge in [0.25, 0.3) is 0 Å². The Labute approximate surface area is 124 Å². The van der Waals surface area contributed by atoms with E-state index in [9.17, 15) is 4.79 Å². The molecule has 1 aromatic carbocycles. The van der Waals surface area contributed by atoms with E-state index in [1.165, 1.54) is 0 Å². The van der Waals surface area contributed by atoms with Gasteiger partial charge >= 0.3 is 0 Å². The van der Waals surface area contributed by atoms with E-state index in [2.05, 4.69) is 5.32 Å². The van der Waals surface area contributed by atoms with Crippen LogP contribution in [0.4, 0.5) is 0 Å².